The summed E-state index contributed by atoms with van der Waals surface area (Å²) in [7, 11) is 0.899. The summed E-state index contributed by atoms with van der Waals surface area (Å²) in [5, 5.41) is 3.44. The number of aryl methyl sites for hydroxylation is 1. The number of nitrogens with one attached hydrogen (secondary N) is 1. The highest BCUT2D eigenvalue weighted by atomic mass is 32.2. The Balaban J connectivity index is 2.89. The van der Waals surface area contributed by atoms with E-state index < -0.39 is 10.8 Å². The van der Waals surface area contributed by atoms with Gasteiger partial charge in [-0.1, -0.05) is 38.0 Å². The summed E-state index contributed by atoms with van der Waals surface area (Å²) in [5.41, 5.74) is 2.31. The van der Waals surface area contributed by atoms with E-state index in [2.05, 4.69) is 32.2 Å². The highest BCUT2D eigenvalue weighted by Gasteiger charge is 2.18. The lowest BCUT2D eigenvalue weighted by molar-refractivity contribution is 0.402. The van der Waals surface area contributed by atoms with E-state index in [0.717, 1.165) is 36.5 Å². The number of ether oxygens (including phenoxy) is 1. The van der Waals surface area contributed by atoms with Crippen molar-refractivity contribution in [2.45, 2.75) is 39.7 Å². The average Bonchev–Trinajstić information content (AvgIpc) is 2.44. The van der Waals surface area contributed by atoms with Crippen molar-refractivity contribution >= 4 is 10.8 Å². The van der Waals surface area contributed by atoms with Gasteiger partial charge in [-0.25, -0.2) is 0 Å². The normalized spacial score (nSPS) is 14.0. The van der Waals surface area contributed by atoms with E-state index in [0.29, 0.717) is 5.75 Å². The SMILES string of the molecule is CCCCS(=O)CC(NCC)c1cc(C)ccc1OC. The molecular weight excluding hydrogens is 270 g/mol. The Morgan fingerprint density at radius 1 is 1.35 bits per heavy atom. The molecule has 0 aliphatic rings. The van der Waals surface area contributed by atoms with E-state index in [1.807, 2.05) is 12.1 Å². The van der Waals surface area contributed by atoms with Crippen LogP contribution in [-0.4, -0.2) is 29.4 Å². The number of rotatable bonds is 9. The molecule has 0 saturated heterocycles. The van der Waals surface area contributed by atoms with Crippen molar-refractivity contribution < 1.29 is 8.95 Å². The Labute approximate surface area is 125 Å². The third kappa shape index (κ3) is 5.25. The zero-order chi connectivity index (χ0) is 15.0. The van der Waals surface area contributed by atoms with Crippen LogP contribution in [0.3, 0.4) is 0 Å². The molecule has 1 N–H and O–H groups in total. The highest BCUT2D eigenvalue weighted by Crippen LogP contribution is 2.27. The van der Waals surface area contributed by atoms with Crippen molar-refractivity contribution in [3.63, 3.8) is 0 Å². The van der Waals surface area contributed by atoms with Crippen molar-refractivity contribution in [1.29, 1.82) is 0 Å². The van der Waals surface area contributed by atoms with Crippen LogP contribution in [0.4, 0.5) is 0 Å². The summed E-state index contributed by atoms with van der Waals surface area (Å²) < 4.78 is 17.6. The third-order valence-corrected chi connectivity index (χ3v) is 4.74. The predicted octanol–water partition coefficient (Wildman–Crippen LogP) is 3.20. The maximum atomic E-state index is 12.2. The maximum Gasteiger partial charge on any atom is 0.123 e. The highest BCUT2D eigenvalue weighted by molar-refractivity contribution is 7.85. The van der Waals surface area contributed by atoms with Crippen LogP contribution in [0.25, 0.3) is 0 Å². The van der Waals surface area contributed by atoms with Gasteiger partial charge in [0.1, 0.15) is 5.75 Å². The van der Waals surface area contributed by atoms with Crippen LogP contribution in [0.2, 0.25) is 0 Å². The molecule has 1 aromatic rings. The molecule has 0 aliphatic carbocycles. The van der Waals surface area contributed by atoms with Gasteiger partial charge in [0.2, 0.25) is 0 Å². The third-order valence-electron chi connectivity index (χ3n) is 3.29. The summed E-state index contributed by atoms with van der Waals surface area (Å²) in [4.78, 5) is 0. The number of benzene rings is 1. The molecule has 1 rings (SSSR count). The first-order valence-electron chi connectivity index (χ1n) is 7.35. The first-order chi connectivity index (χ1) is 9.62. The fourth-order valence-electron chi connectivity index (χ4n) is 2.21. The van der Waals surface area contributed by atoms with Gasteiger partial charge >= 0.3 is 0 Å². The Bertz CT molecular complexity index is 434. The molecule has 0 amide bonds. The van der Waals surface area contributed by atoms with Gasteiger partial charge in [0.05, 0.1) is 7.11 Å². The maximum absolute atomic E-state index is 12.2. The van der Waals surface area contributed by atoms with Crippen LogP contribution in [0.1, 0.15) is 43.9 Å². The minimum Gasteiger partial charge on any atom is -0.496 e. The summed E-state index contributed by atoms with van der Waals surface area (Å²) in [5.74, 6) is 2.30. The van der Waals surface area contributed by atoms with Crippen LogP contribution in [0, 0.1) is 6.92 Å². The van der Waals surface area contributed by atoms with Gasteiger partial charge in [0.25, 0.3) is 0 Å². The standard InChI is InChI=1S/C16H27NO2S/c1-5-7-10-20(18)12-15(17-6-2)14-11-13(3)8-9-16(14)19-4/h8-9,11,15,17H,5-7,10,12H2,1-4H3. The molecule has 2 unspecified atom stereocenters. The number of hydrogen-bond donors (Lipinski definition) is 1. The summed E-state index contributed by atoms with van der Waals surface area (Å²) in [6.45, 7) is 7.12. The minimum atomic E-state index is -0.787. The molecular formula is C16H27NO2S. The van der Waals surface area contributed by atoms with Gasteiger partial charge in [0.15, 0.2) is 0 Å². The lowest BCUT2D eigenvalue weighted by Crippen LogP contribution is -2.27. The summed E-state index contributed by atoms with van der Waals surface area (Å²) in [6.07, 6.45) is 2.11. The predicted molar refractivity (Wildman–Crippen MR) is 86.9 cm³/mol. The van der Waals surface area contributed by atoms with Crippen molar-refractivity contribution in [3.8, 4) is 5.75 Å². The fraction of sp³-hybridized carbons (Fsp3) is 0.625. The topological polar surface area (TPSA) is 38.3 Å². The molecule has 0 aliphatic heterocycles. The van der Waals surface area contributed by atoms with Crippen molar-refractivity contribution in [3.05, 3.63) is 29.3 Å². The number of methoxy groups -OCH3 is 1. The fourth-order valence-corrected chi connectivity index (χ4v) is 3.65. The second kappa shape index (κ2) is 9.14. The van der Waals surface area contributed by atoms with Crippen LogP contribution in [0.15, 0.2) is 18.2 Å². The van der Waals surface area contributed by atoms with Gasteiger partial charge in [-0.2, -0.15) is 0 Å². The second-order valence-corrected chi connectivity index (χ2v) is 6.64. The molecule has 0 aromatic heterocycles. The van der Waals surface area contributed by atoms with Gasteiger partial charge < -0.3 is 10.1 Å². The Morgan fingerprint density at radius 3 is 2.70 bits per heavy atom. The van der Waals surface area contributed by atoms with E-state index in [-0.39, 0.29) is 6.04 Å². The molecule has 0 spiro atoms. The monoisotopic (exact) mass is 297 g/mol. The number of hydrogen-bond acceptors (Lipinski definition) is 3. The molecule has 0 heterocycles. The van der Waals surface area contributed by atoms with E-state index in [1.54, 1.807) is 7.11 Å². The van der Waals surface area contributed by atoms with E-state index in [4.69, 9.17) is 4.74 Å². The average molecular weight is 297 g/mol. The summed E-state index contributed by atoms with van der Waals surface area (Å²) in [6, 6.07) is 6.25. The number of unbranched alkanes of at least 4 members (excludes halogenated alkanes) is 1. The molecule has 0 saturated carbocycles. The van der Waals surface area contributed by atoms with E-state index >= 15 is 0 Å². The first kappa shape index (κ1) is 17.2. The minimum absolute atomic E-state index is 0.0903. The molecule has 114 valence electrons. The largest absolute Gasteiger partial charge is 0.496 e. The molecule has 4 heteroatoms. The van der Waals surface area contributed by atoms with Crippen molar-refractivity contribution in [2.24, 2.45) is 0 Å². The second-order valence-electron chi connectivity index (χ2n) is 5.02. The Morgan fingerprint density at radius 2 is 2.10 bits per heavy atom. The van der Waals surface area contributed by atoms with Crippen LogP contribution in [-0.2, 0) is 10.8 Å². The quantitative estimate of drug-likeness (QED) is 0.760. The van der Waals surface area contributed by atoms with Gasteiger partial charge in [-0.15, -0.1) is 0 Å². The molecule has 0 radical (unpaired) electrons. The van der Waals surface area contributed by atoms with Crippen LogP contribution in [0.5, 0.6) is 5.75 Å². The Hall–Kier alpha value is -0.870. The smallest absolute Gasteiger partial charge is 0.123 e. The molecule has 20 heavy (non-hydrogen) atoms. The lowest BCUT2D eigenvalue weighted by atomic mass is 10.0. The molecule has 1 aromatic carbocycles. The zero-order valence-corrected chi connectivity index (χ0v) is 13.9. The zero-order valence-electron chi connectivity index (χ0n) is 13.1. The van der Waals surface area contributed by atoms with Gasteiger partial charge in [-0.3, -0.25) is 4.21 Å². The van der Waals surface area contributed by atoms with E-state index in [1.165, 1.54) is 5.56 Å². The lowest BCUT2D eigenvalue weighted by Gasteiger charge is -2.21. The van der Waals surface area contributed by atoms with Crippen molar-refractivity contribution in [2.75, 3.05) is 25.2 Å². The Kier molecular flexibility index (Phi) is 7.85. The molecule has 2 atom stereocenters. The first-order valence-corrected chi connectivity index (χ1v) is 8.84. The van der Waals surface area contributed by atoms with Crippen LogP contribution >= 0.6 is 0 Å². The van der Waals surface area contributed by atoms with Gasteiger partial charge in [0, 0.05) is 33.9 Å². The molecule has 0 bridgehead atoms. The van der Waals surface area contributed by atoms with Crippen LogP contribution < -0.4 is 10.1 Å². The van der Waals surface area contributed by atoms with E-state index in [9.17, 15) is 4.21 Å². The summed E-state index contributed by atoms with van der Waals surface area (Å²) >= 11 is 0. The molecule has 0 fully saturated rings. The van der Waals surface area contributed by atoms with Gasteiger partial charge in [-0.05, 0) is 26.0 Å². The van der Waals surface area contributed by atoms with Crippen molar-refractivity contribution in [1.82, 2.24) is 5.32 Å². The molecule has 3 nitrogen and oxygen atoms in total.